The van der Waals surface area contributed by atoms with Crippen LogP contribution < -0.4 is 4.72 Å². The summed E-state index contributed by atoms with van der Waals surface area (Å²) in [4.78, 5) is 27.2. The Morgan fingerprint density at radius 3 is 2.00 bits per heavy atom. The van der Waals surface area contributed by atoms with Gasteiger partial charge in [0.15, 0.2) is 5.15 Å². The average molecular weight is 506 g/mol. The molecule has 1 heterocycles. The van der Waals surface area contributed by atoms with Crippen LogP contribution in [0.25, 0.3) is 0 Å². The Balaban J connectivity index is 3.40. The summed E-state index contributed by atoms with van der Waals surface area (Å²) in [5, 5.41) is -1.54. The number of alkyl halides is 3. The third-order valence-corrected chi connectivity index (χ3v) is 7.05. The lowest BCUT2D eigenvalue weighted by atomic mass is 9.80. The fourth-order valence-electron chi connectivity index (χ4n) is 2.65. The van der Waals surface area contributed by atoms with Gasteiger partial charge in [-0.2, -0.15) is 0 Å². The van der Waals surface area contributed by atoms with E-state index in [1.165, 1.54) is 11.0 Å². The van der Waals surface area contributed by atoms with Crippen molar-refractivity contribution in [3.8, 4) is 0 Å². The van der Waals surface area contributed by atoms with E-state index >= 15 is 0 Å². The first-order valence-corrected chi connectivity index (χ1v) is 12.0. The van der Waals surface area contributed by atoms with Crippen molar-refractivity contribution in [1.29, 1.82) is 0 Å². The molecule has 1 saturated heterocycles. The Bertz CT molecular complexity index is 753. The van der Waals surface area contributed by atoms with E-state index in [4.69, 9.17) is 44.1 Å². The summed E-state index contributed by atoms with van der Waals surface area (Å²) in [6.07, 6.45) is 4.22. The van der Waals surface area contributed by atoms with Crippen molar-refractivity contribution >= 4 is 63.9 Å². The molecule has 0 spiro atoms. The Labute approximate surface area is 193 Å². The summed E-state index contributed by atoms with van der Waals surface area (Å²) in [6.45, 7) is 7.68. The van der Waals surface area contributed by atoms with Crippen LogP contribution in [0.5, 0.6) is 0 Å². The minimum Gasteiger partial charge on any atom is -0.497 e. The van der Waals surface area contributed by atoms with E-state index in [9.17, 15) is 18.0 Å². The SMILES string of the molecule is CCC/C=C/C(B1OC(=O)C(C)(C)N(C)C(C)(C)C(=O)O1)S(=O)(=O)NCC(Cl)(Cl)Cl. The predicted octanol–water partition coefficient (Wildman–Crippen LogP) is 2.62. The molecular weight excluding hydrogens is 477 g/mol. The van der Waals surface area contributed by atoms with E-state index in [1.807, 2.05) is 6.92 Å². The van der Waals surface area contributed by atoms with Gasteiger partial charge in [-0.25, -0.2) is 13.1 Å². The number of halogens is 3. The van der Waals surface area contributed by atoms with Gasteiger partial charge in [0.25, 0.3) is 0 Å². The van der Waals surface area contributed by atoms with E-state index < -0.39 is 55.6 Å². The maximum Gasteiger partial charge on any atom is 0.623 e. The highest BCUT2D eigenvalue weighted by Crippen LogP contribution is 2.30. The van der Waals surface area contributed by atoms with Crippen LogP contribution in [0.15, 0.2) is 12.2 Å². The molecular formula is C17H28BCl3N2O6S. The van der Waals surface area contributed by atoms with Crippen LogP contribution in [0.3, 0.4) is 0 Å². The first-order chi connectivity index (χ1) is 13.5. The van der Waals surface area contributed by atoms with Gasteiger partial charge in [-0.3, -0.25) is 14.5 Å². The molecule has 1 unspecified atom stereocenters. The van der Waals surface area contributed by atoms with Crippen molar-refractivity contribution in [2.45, 2.75) is 67.5 Å². The molecule has 8 nitrogen and oxygen atoms in total. The van der Waals surface area contributed by atoms with Gasteiger partial charge in [-0.1, -0.05) is 60.3 Å². The summed E-state index contributed by atoms with van der Waals surface area (Å²) in [5.41, 5.74) is -2.46. The van der Waals surface area contributed by atoms with Crippen molar-refractivity contribution in [3.63, 3.8) is 0 Å². The number of rotatable bonds is 7. The molecule has 1 rings (SSSR count). The highest BCUT2D eigenvalue weighted by atomic mass is 35.6. The van der Waals surface area contributed by atoms with Crippen LogP contribution in [-0.4, -0.2) is 66.0 Å². The van der Waals surface area contributed by atoms with Crippen molar-refractivity contribution < 1.29 is 27.3 Å². The first-order valence-electron chi connectivity index (χ1n) is 9.34. The monoisotopic (exact) mass is 504 g/mol. The van der Waals surface area contributed by atoms with Crippen LogP contribution in [-0.2, 0) is 28.9 Å². The third-order valence-electron chi connectivity index (χ3n) is 5.00. The molecule has 0 aliphatic carbocycles. The fraction of sp³-hybridized carbons (Fsp3) is 0.765. The molecule has 0 amide bonds. The zero-order chi connectivity index (χ0) is 23.5. The first kappa shape index (κ1) is 27.5. The lowest BCUT2D eigenvalue weighted by Gasteiger charge is -2.45. The summed E-state index contributed by atoms with van der Waals surface area (Å²) < 4.78 is 36.9. The van der Waals surface area contributed by atoms with Crippen molar-refractivity contribution in [1.82, 2.24) is 9.62 Å². The Hall–Kier alpha value is -0.515. The van der Waals surface area contributed by atoms with E-state index in [-0.39, 0.29) is 0 Å². The standard InChI is InChI=1S/C17H28BCl3N2O6S/c1-7-8-9-10-12(30(26,27)22-11-17(19,20)21)18-28-13(24)15(2,3)23(6)16(4,5)14(25)29-18/h9-10,12,22H,7-8,11H2,1-6H3/b10-9+. The Kier molecular flexibility index (Phi) is 9.13. The van der Waals surface area contributed by atoms with Gasteiger partial charge in [-0.15, -0.1) is 0 Å². The molecule has 0 aromatic heterocycles. The van der Waals surface area contributed by atoms with Crippen molar-refractivity contribution in [2.24, 2.45) is 0 Å². The van der Waals surface area contributed by atoms with Gasteiger partial charge in [0.1, 0.15) is 11.1 Å². The molecule has 0 bridgehead atoms. The topological polar surface area (TPSA) is 102 Å². The average Bonchev–Trinajstić information content (AvgIpc) is 2.61. The van der Waals surface area contributed by atoms with E-state index in [1.54, 1.807) is 40.8 Å². The number of hydrogen-bond donors (Lipinski definition) is 1. The summed E-state index contributed by atoms with van der Waals surface area (Å²) in [5.74, 6) is -1.50. The van der Waals surface area contributed by atoms with Gasteiger partial charge in [0.05, 0.1) is 6.54 Å². The third kappa shape index (κ3) is 6.74. The van der Waals surface area contributed by atoms with Crippen LogP contribution in [0.1, 0.15) is 47.5 Å². The molecule has 1 atom stereocenters. The zero-order valence-electron chi connectivity index (χ0n) is 17.9. The second-order valence-corrected chi connectivity index (χ2v) is 12.5. The molecule has 1 aliphatic heterocycles. The summed E-state index contributed by atoms with van der Waals surface area (Å²) >= 11 is 17.0. The van der Waals surface area contributed by atoms with E-state index in [0.717, 1.165) is 6.42 Å². The van der Waals surface area contributed by atoms with Gasteiger partial charge < -0.3 is 9.31 Å². The van der Waals surface area contributed by atoms with E-state index in [0.29, 0.717) is 6.42 Å². The molecule has 0 aromatic carbocycles. The zero-order valence-corrected chi connectivity index (χ0v) is 21.0. The second-order valence-electron chi connectivity index (χ2n) is 8.02. The number of likely N-dealkylation sites (N-methyl/N-ethyl adjacent to an activating group) is 1. The largest absolute Gasteiger partial charge is 0.623 e. The Morgan fingerprint density at radius 1 is 1.13 bits per heavy atom. The lowest BCUT2D eigenvalue weighted by Crippen LogP contribution is -2.66. The van der Waals surface area contributed by atoms with Gasteiger partial charge in [0.2, 0.25) is 13.8 Å². The van der Waals surface area contributed by atoms with Gasteiger partial charge >= 0.3 is 19.1 Å². The number of carbonyl (C=O) groups excluding carboxylic acids is 2. The smallest absolute Gasteiger partial charge is 0.497 e. The Morgan fingerprint density at radius 2 is 1.60 bits per heavy atom. The van der Waals surface area contributed by atoms with Crippen molar-refractivity contribution in [2.75, 3.05) is 13.6 Å². The molecule has 1 fully saturated rings. The normalized spacial score (nSPS) is 21.7. The highest BCUT2D eigenvalue weighted by Gasteiger charge is 2.54. The van der Waals surface area contributed by atoms with Crippen LogP contribution in [0, 0.1) is 0 Å². The molecule has 13 heteroatoms. The molecule has 1 aliphatic rings. The molecule has 0 radical (unpaired) electrons. The number of nitrogens with zero attached hydrogens (tertiary/aromatic N) is 1. The number of allylic oxidation sites excluding steroid dienone is 1. The second kappa shape index (κ2) is 9.96. The maximum absolute atomic E-state index is 12.9. The number of unbranched alkanes of at least 4 members (excludes halogenated alkanes) is 1. The number of nitrogens with one attached hydrogen (secondary N) is 1. The fourth-order valence-corrected chi connectivity index (χ4v) is 4.42. The summed E-state index contributed by atoms with van der Waals surface area (Å²) in [7, 11) is -4.40. The number of carbonyl (C=O) groups is 2. The van der Waals surface area contributed by atoms with Crippen LogP contribution in [0.4, 0.5) is 0 Å². The van der Waals surface area contributed by atoms with E-state index in [2.05, 4.69) is 4.72 Å². The van der Waals surface area contributed by atoms with Crippen LogP contribution in [0.2, 0.25) is 0 Å². The predicted molar refractivity (Wildman–Crippen MR) is 119 cm³/mol. The van der Waals surface area contributed by atoms with Gasteiger partial charge in [-0.05, 0) is 41.2 Å². The highest BCUT2D eigenvalue weighted by molar-refractivity contribution is 7.91. The number of sulfonamides is 1. The molecule has 30 heavy (non-hydrogen) atoms. The van der Waals surface area contributed by atoms with Crippen LogP contribution >= 0.6 is 34.8 Å². The molecule has 0 saturated carbocycles. The maximum atomic E-state index is 12.9. The quantitative estimate of drug-likeness (QED) is 0.322. The van der Waals surface area contributed by atoms with Crippen molar-refractivity contribution in [3.05, 3.63) is 12.2 Å². The molecule has 1 N–H and O–H groups in total. The number of hydrogen-bond acceptors (Lipinski definition) is 7. The lowest BCUT2D eigenvalue weighted by molar-refractivity contribution is -0.166. The minimum atomic E-state index is -4.26. The van der Waals surface area contributed by atoms with Gasteiger partial charge in [0, 0.05) is 0 Å². The molecule has 0 aromatic rings. The minimum absolute atomic E-state index is 0.521. The molecule has 172 valence electrons. The summed E-state index contributed by atoms with van der Waals surface area (Å²) in [6, 6.07) is 0.